The first-order chi connectivity index (χ1) is 9.33. The van der Waals surface area contributed by atoms with Crippen LogP contribution in [0, 0.1) is 17.8 Å². The molecule has 0 amide bonds. The van der Waals surface area contributed by atoms with Crippen LogP contribution in [0.1, 0.15) is 56.9 Å². The van der Waals surface area contributed by atoms with E-state index in [9.17, 15) is 5.11 Å². The molecule has 0 saturated heterocycles. The Bertz CT molecular complexity index is 373. The molecule has 0 aromatic carbocycles. The minimum absolute atomic E-state index is 0.0669. The lowest BCUT2D eigenvalue weighted by atomic mass is 9.66. The molecule has 0 aliphatic heterocycles. The van der Waals surface area contributed by atoms with Crippen molar-refractivity contribution in [2.24, 2.45) is 17.8 Å². The third kappa shape index (κ3) is 3.41. The van der Waals surface area contributed by atoms with Crippen molar-refractivity contribution < 1.29 is 5.11 Å². The largest absolute Gasteiger partial charge is 0.393 e. The number of thiophene rings is 1. The van der Waals surface area contributed by atoms with E-state index in [1.54, 1.807) is 11.3 Å². The Morgan fingerprint density at radius 2 is 2.00 bits per heavy atom. The van der Waals surface area contributed by atoms with Crippen LogP contribution in [0.3, 0.4) is 0 Å². The molecule has 4 unspecified atom stereocenters. The number of aryl methyl sites for hydroxylation is 1. The number of hydrogen-bond acceptors (Lipinski definition) is 2. The molecule has 4 atom stereocenters. The van der Waals surface area contributed by atoms with Gasteiger partial charge >= 0.3 is 0 Å². The fraction of sp³-hybridized carbons (Fsp3) is 0.765. The molecule has 2 aliphatic carbocycles. The predicted octanol–water partition coefficient (Wildman–Crippen LogP) is 4.65. The highest BCUT2D eigenvalue weighted by molar-refractivity contribution is 7.07. The summed E-state index contributed by atoms with van der Waals surface area (Å²) in [6, 6.07) is 2.19. The van der Waals surface area contributed by atoms with E-state index in [0.29, 0.717) is 5.92 Å². The van der Waals surface area contributed by atoms with Gasteiger partial charge in [0, 0.05) is 0 Å². The average molecular weight is 278 g/mol. The van der Waals surface area contributed by atoms with E-state index in [1.165, 1.54) is 50.5 Å². The van der Waals surface area contributed by atoms with E-state index in [0.717, 1.165) is 24.7 Å². The van der Waals surface area contributed by atoms with Gasteiger partial charge in [0.1, 0.15) is 0 Å². The summed E-state index contributed by atoms with van der Waals surface area (Å²) in [5.74, 6) is 2.51. The van der Waals surface area contributed by atoms with Crippen molar-refractivity contribution in [2.45, 2.75) is 63.9 Å². The van der Waals surface area contributed by atoms with Gasteiger partial charge in [-0.25, -0.2) is 0 Å². The lowest BCUT2D eigenvalue weighted by molar-refractivity contribution is 0.0314. The summed E-state index contributed by atoms with van der Waals surface area (Å²) < 4.78 is 0. The number of aliphatic hydroxyl groups is 1. The van der Waals surface area contributed by atoms with Crippen molar-refractivity contribution in [2.75, 3.05) is 0 Å². The lowest BCUT2D eigenvalue weighted by Crippen LogP contribution is -2.33. The quantitative estimate of drug-likeness (QED) is 0.850. The van der Waals surface area contributed by atoms with Crippen LogP contribution < -0.4 is 0 Å². The molecule has 106 valence electrons. The first kappa shape index (κ1) is 13.6. The topological polar surface area (TPSA) is 20.2 Å². The van der Waals surface area contributed by atoms with Gasteiger partial charge in [-0.05, 0) is 72.2 Å². The maximum Gasteiger partial charge on any atom is 0.0571 e. The zero-order valence-corrected chi connectivity index (χ0v) is 12.6. The molecule has 1 aromatic heterocycles. The van der Waals surface area contributed by atoms with Crippen LogP contribution >= 0.6 is 11.3 Å². The maximum absolute atomic E-state index is 10.5. The second-order valence-corrected chi connectivity index (χ2v) is 7.40. The first-order valence-electron chi connectivity index (χ1n) is 8.02. The number of aliphatic hydroxyl groups excluding tert-OH is 1. The molecule has 0 radical (unpaired) electrons. The van der Waals surface area contributed by atoms with E-state index >= 15 is 0 Å². The Kier molecular flexibility index (Phi) is 4.60. The Morgan fingerprint density at radius 3 is 2.79 bits per heavy atom. The highest BCUT2D eigenvalue weighted by atomic mass is 32.1. The SMILES string of the molecule is OC(CCc1ccsc1)C1CCC2CCCCC2C1. The average Bonchev–Trinajstić information content (AvgIpc) is 2.97. The van der Waals surface area contributed by atoms with Crippen LogP contribution in [-0.4, -0.2) is 11.2 Å². The third-order valence-corrected chi connectivity index (χ3v) is 6.17. The number of hydrogen-bond donors (Lipinski definition) is 1. The second kappa shape index (κ2) is 6.41. The van der Waals surface area contributed by atoms with Crippen molar-refractivity contribution in [3.05, 3.63) is 22.4 Å². The van der Waals surface area contributed by atoms with E-state index in [1.807, 2.05) is 0 Å². The molecule has 2 saturated carbocycles. The molecule has 19 heavy (non-hydrogen) atoms. The fourth-order valence-corrected chi connectivity index (χ4v) is 4.95. The minimum atomic E-state index is -0.0669. The van der Waals surface area contributed by atoms with Crippen LogP contribution in [0.2, 0.25) is 0 Å². The van der Waals surface area contributed by atoms with Crippen LogP contribution in [-0.2, 0) is 6.42 Å². The molecule has 1 aromatic rings. The molecule has 0 spiro atoms. The Morgan fingerprint density at radius 1 is 1.16 bits per heavy atom. The molecular weight excluding hydrogens is 252 g/mol. The zero-order valence-electron chi connectivity index (χ0n) is 11.8. The van der Waals surface area contributed by atoms with Gasteiger partial charge in [0.25, 0.3) is 0 Å². The summed E-state index contributed by atoms with van der Waals surface area (Å²) in [5.41, 5.74) is 1.40. The second-order valence-electron chi connectivity index (χ2n) is 6.62. The summed E-state index contributed by atoms with van der Waals surface area (Å²) in [6.45, 7) is 0. The van der Waals surface area contributed by atoms with E-state index < -0.39 is 0 Å². The Balaban J connectivity index is 1.48. The first-order valence-corrected chi connectivity index (χ1v) is 8.96. The number of fused-ring (bicyclic) bond motifs is 1. The highest BCUT2D eigenvalue weighted by Crippen LogP contribution is 2.43. The van der Waals surface area contributed by atoms with Gasteiger partial charge in [0.2, 0.25) is 0 Å². The standard InChI is InChI=1S/C17H26OS/c18-17(8-5-13-9-10-19-12-13)16-7-6-14-3-1-2-4-15(14)11-16/h9-10,12,14-18H,1-8,11H2. The molecule has 1 nitrogen and oxygen atoms in total. The molecule has 2 fully saturated rings. The maximum atomic E-state index is 10.5. The Hall–Kier alpha value is -0.340. The Labute approximate surface area is 121 Å². The molecule has 1 heterocycles. The molecule has 3 rings (SSSR count). The van der Waals surface area contributed by atoms with E-state index in [-0.39, 0.29) is 6.10 Å². The number of rotatable bonds is 4. The molecular formula is C17H26OS. The van der Waals surface area contributed by atoms with Gasteiger partial charge in [-0.1, -0.05) is 25.7 Å². The van der Waals surface area contributed by atoms with Gasteiger partial charge in [-0.2, -0.15) is 11.3 Å². The van der Waals surface area contributed by atoms with Crippen LogP contribution in [0.4, 0.5) is 0 Å². The van der Waals surface area contributed by atoms with Crippen LogP contribution in [0.5, 0.6) is 0 Å². The fourth-order valence-electron chi connectivity index (χ4n) is 4.24. The zero-order chi connectivity index (χ0) is 13.1. The predicted molar refractivity (Wildman–Crippen MR) is 81.4 cm³/mol. The van der Waals surface area contributed by atoms with Crippen molar-refractivity contribution in [3.8, 4) is 0 Å². The van der Waals surface area contributed by atoms with Gasteiger partial charge in [0.05, 0.1) is 6.10 Å². The summed E-state index contributed by atoms with van der Waals surface area (Å²) >= 11 is 1.76. The molecule has 0 bridgehead atoms. The van der Waals surface area contributed by atoms with Crippen molar-refractivity contribution >= 4 is 11.3 Å². The highest BCUT2D eigenvalue weighted by Gasteiger charge is 2.34. The van der Waals surface area contributed by atoms with Gasteiger partial charge < -0.3 is 5.11 Å². The minimum Gasteiger partial charge on any atom is -0.393 e. The molecule has 2 aliphatic rings. The summed E-state index contributed by atoms with van der Waals surface area (Å²) in [4.78, 5) is 0. The van der Waals surface area contributed by atoms with Crippen molar-refractivity contribution in [3.63, 3.8) is 0 Å². The van der Waals surface area contributed by atoms with Gasteiger partial charge in [-0.3, -0.25) is 0 Å². The van der Waals surface area contributed by atoms with Crippen LogP contribution in [0.25, 0.3) is 0 Å². The lowest BCUT2D eigenvalue weighted by Gasteiger charge is -2.40. The summed E-state index contributed by atoms with van der Waals surface area (Å²) in [6.07, 6.45) is 11.7. The smallest absolute Gasteiger partial charge is 0.0571 e. The van der Waals surface area contributed by atoms with E-state index in [2.05, 4.69) is 16.8 Å². The van der Waals surface area contributed by atoms with Gasteiger partial charge in [-0.15, -0.1) is 0 Å². The third-order valence-electron chi connectivity index (χ3n) is 5.43. The van der Waals surface area contributed by atoms with E-state index in [4.69, 9.17) is 0 Å². The normalized spacial score (nSPS) is 32.8. The van der Waals surface area contributed by atoms with Gasteiger partial charge in [0.15, 0.2) is 0 Å². The summed E-state index contributed by atoms with van der Waals surface area (Å²) in [7, 11) is 0. The molecule has 1 N–H and O–H groups in total. The summed E-state index contributed by atoms with van der Waals surface area (Å²) in [5, 5.41) is 14.8. The van der Waals surface area contributed by atoms with Crippen molar-refractivity contribution in [1.82, 2.24) is 0 Å². The molecule has 2 heteroatoms. The van der Waals surface area contributed by atoms with Crippen molar-refractivity contribution in [1.29, 1.82) is 0 Å². The monoisotopic (exact) mass is 278 g/mol. The van der Waals surface area contributed by atoms with Crippen LogP contribution in [0.15, 0.2) is 16.8 Å².